The zero-order valence-corrected chi connectivity index (χ0v) is 48.6. The molecule has 0 bridgehead atoms. The minimum absolute atomic E-state index is 0.0834. The quantitative estimate of drug-likeness (QED) is 0.0420. The van der Waals surface area contributed by atoms with Crippen LogP contribution in [0.5, 0.6) is 0 Å². The van der Waals surface area contributed by atoms with Gasteiger partial charge in [-0.05, 0) is 109 Å². The molecule has 1 amide bonds. The lowest BCUT2D eigenvalue weighted by atomic mass is 10.0. The molecule has 3 N–H and O–H groups in total. The number of unbranched alkanes of at least 4 members (excludes halogenated alkanes) is 29. The average Bonchev–Trinajstić information content (AvgIpc) is 3.40. The summed E-state index contributed by atoms with van der Waals surface area (Å²) in [5, 5.41) is 23.2. The van der Waals surface area contributed by atoms with E-state index in [4.69, 9.17) is 0 Å². The molecule has 2 atom stereocenters. The third kappa shape index (κ3) is 59.4. The summed E-state index contributed by atoms with van der Waals surface area (Å²) in [4.78, 5) is 12.5. The molecule has 0 rings (SSSR count). The SMILES string of the molecule is CC/C=C\C/C=C\C/C=C\C/C=C\C/C=C\C/C=C\C/C=C\C/C=C\CCCCCCCCCCCCCCC(=O)NC(CO)C(O)/C=C/CC/C=C/CC/C=C/CCCCCCCCCCCCCCCCC. The summed E-state index contributed by atoms with van der Waals surface area (Å²) in [5.41, 5.74) is 0. The minimum atomic E-state index is -0.881. The van der Waals surface area contributed by atoms with Crippen molar-refractivity contribution in [1.82, 2.24) is 5.32 Å². The maximum Gasteiger partial charge on any atom is 0.220 e. The van der Waals surface area contributed by atoms with Gasteiger partial charge in [-0.2, -0.15) is 0 Å². The van der Waals surface area contributed by atoms with Crippen LogP contribution in [0.3, 0.4) is 0 Å². The van der Waals surface area contributed by atoms with Gasteiger partial charge in [0.2, 0.25) is 5.91 Å². The normalized spacial score (nSPS) is 13.7. The average molecular weight is 1020 g/mol. The molecule has 0 saturated carbocycles. The highest BCUT2D eigenvalue weighted by molar-refractivity contribution is 5.76. The van der Waals surface area contributed by atoms with Crippen LogP contribution >= 0.6 is 0 Å². The zero-order chi connectivity index (χ0) is 53.4. The van der Waals surface area contributed by atoms with Gasteiger partial charge in [0.15, 0.2) is 0 Å². The Balaban J connectivity index is 3.61. The summed E-state index contributed by atoms with van der Waals surface area (Å²) in [6.07, 6.45) is 99.2. The van der Waals surface area contributed by atoms with Gasteiger partial charge >= 0.3 is 0 Å². The number of carbonyl (C=O) groups is 1. The lowest BCUT2D eigenvalue weighted by Gasteiger charge is -2.19. The van der Waals surface area contributed by atoms with E-state index >= 15 is 0 Å². The molecular weight excluding hydrogens is 903 g/mol. The lowest BCUT2D eigenvalue weighted by Crippen LogP contribution is -2.45. The molecule has 0 spiro atoms. The molecule has 0 aliphatic carbocycles. The Kier molecular flexibility index (Phi) is 60.8. The van der Waals surface area contributed by atoms with Crippen molar-refractivity contribution in [3.05, 3.63) is 134 Å². The summed E-state index contributed by atoms with van der Waals surface area (Å²) in [6, 6.07) is -0.657. The molecule has 0 aromatic heterocycles. The van der Waals surface area contributed by atoms with E-state index in [0.29, 0.717) is 6.42 Å². The third-order valence-electron chi connectivity index (χ3n) is 13.6. The van der Waals surface area contributed by atoms with E-state index in [1.807, 2.05) is 6.08 Å². The van der Waals surface area contributed by atoms with E-state index < -0.39 is 12.1 Å². The summed E-state index contributed by atoms with van der Waals surface area (Å²) < 4.78 is 0. The number of aliphatic hydroxyl groups is 2. The molecule has 74 heavy (non-hydrogen) atoms. The molecule has 0 aliphatic rings. The zero-order valence-electron chi connectivity index (χ0n) is 48.6. The predicted molar refractivity (Wildman–Crippen MR) is 331 cm³/mol. The third-order valence-corrected chi connectivity index (χ3v) is 13.6. The van der Waals surface area contributed by atoms with Crippen LogP contribution in [-0.2, 0) is 4.79 Å². The fourth-order valence-corrected chi connectivity index (χ4v) is 8.87. The first-order valence-electron chi connectivity index (χ1n) is 31.4. The molecule has 0 aliphatic heterocycles. The number of nitrogens with one attached hydrogen (secondary N) is 1. The van der Waals surface area contributed by atoms with E-state index in [1.165, 1.54) is 173 Å². The number of carbonyl (C=O) groups excluding carboxylic acids is 1. The highest BCUT2D eigenvalue weighted by Gasteiger charge is 2.18. The first-order chi connectivity index (χ1) is 36.7. The van der Waals surface area contributed by atoms with Gasteiger partial charge in [-0.15, -0.1) is 0 Å². The Morgan fingerprint density at radius 3 is 0.946 bits per heavy atom. The van der Waals surface area contributed by atoms with Crippen molar-refractivity contribution < 1.29 is 15.0 Å². The van der Waals surface area contributed by atoms with Crippen molar-refractivity contribution in [2.45, 2.75) is 296 Å². The Bertz CT molecular complexity index is 1490. The van der Waals surface area contributed by atoms with Crippen LogP contribution in [0, 0.1) is 0 Å². The number of hydrogen-bond donors (Lipinski definition) is 3. The number of rotatable bonds is 56. The Hall–Kier alpha value is -3.47. The van der Waals surface area contributed by atoms with Gasteiger partial charge in [-0.1, -0.05) is 302 Å². The second kappa shape index (κ2) is 63.8. The van der Waals surface area contributed by atoms with Gasteiger partial charge in [-0.3, -0.25) is 4.79 Å². The Morgan fingerprint density at radius 1 is 0.338 bits per heavy atom. The lowest BCUT2D eigenvalue weighted by molar-refractivity contribution is -0.123. The van der Waals surface area contributed by atoms with Gasteiger partial charge in [0, 0.05) is 6.42 Å². The highest BCUT2D eigenvalue weighted by atomic mass is 16.3. The maximum absolute atomic E-state index is 12.5. The maximum atomic E-state index is 12.5. The molecule has 0 aromatic rings. The minimum Gasteiger partial charge on any atom is -0.394 e. The number of hydrogen-bond acceptors (Lipinski definition) is 3. The Labute approximate surface area is 460 Å². The summed E-state index contributed by atoms with van der Waals surface area (Å²) in [7, 11) is 0. The summed E-state index contributed by atoms with van der Waals surface area (Å²) >= 11 is 0. The van der Waals surface area contributed by atoms with Crippen LogP contribution < -0.4 is 5.32 Å². The first kappa shape index (κ1) is 70.5. The van der Waals surface area contributed by atoms with Crippen LogP contribution in [0.2, 0.25) is 0 Å². The topological polar surface area (TPSA) is 69.6 Å². The number of amides is 1. The van der Waals surface area contributed by atoms with Gasteiger partial charge in [0.1, 0.15) is 0 Å². The molecule has 2 unspecified atom stereocenters. The van der Waals surface area contributed by atoms with E-state index in [-0.39, 0.29) is 12.5 Å². The van der Waals surface area contributed by atoms with Crippen molar-refractivity contribution in [2.24, 2.45) is 0 Å². The van der Waals surface area contributed by atoms with Gasteiger partial charge in [-0.25, -0.2) is 0 Å². The van der Waals surface area contributed by atoms with Crippen molar-refractivity contribution in [3.8, 4) is 0 Å². The molecule has 0 heterocycles. The number of aliphatic hydroxyl groups excluding tert-OH is 2. The van der Waals surface area contributed by atoms with Crippen LogP contribution in [-0.4, -0.2) is 34.9 Å². The van der Waals surface area contributed by atoms with Crippen molar-refractivity contribution >= 4 is 5.91 Å². The first-order valence-corrected chi connectivity index (χ1v) is 31.4. The molecule has 0 aromatic carbocycles. The number of allylic oxidation sites excluding steroid dienone is 21. The van der Waals surface area contributed by atoms with Crippen LogP contribution in [0.4, 0.5) is 0 Å². The van der Waals surface area contributed by atoms with Crippen LogP contribution in [0.25, 0.3) is 0 Å². The molecule has 0 radical (unpaired) electrons. The standard InChI is InChI=1S/C70H119NO3/c1-3-5-7-9-11-13-15-17-19-21-23-25-27-29-30-31-32-33-34-35-36-37-38-39-40-42-44-46-48-50-52-54-56-58-60-62-64-66-70(74)71-68(67-72)69(73)65-63-61-59-57-55-53-51-49-47-45-43-41-28-26-24-22-20-18-16-14-12-10-8-6-4-2/h5,7,11,13,17,19,23,25,29-30,32-33,35-36,38-39,47,49,55,57,63,65,68-69,72-73H,3-4,6,8-10,12,14-16,18,20-22,24,26-28,31,34,37,40-46,48,50-54,56,58-62,64,66-67H2,1-2H3,(H,71,74)/b7-5-,13-11-,19-17-,25-23-,30-29-,33-32-,36-35-,39-38-,49-47+,57-55+,65-63+. The fourth-order valence-electron chi connectivity index (χ4n) is 8.87. The van der Waals surface area contributed by atoms with Crippen LogP contribution in [0.1, 0.15) is 284 Å². The summed E-state index contributed by atoms with van der Waals surface area (Å²) in [6.45, 7) is 4.19. The van der Waals surface area contributed by atoms with E-state index in [1.54, 1.807) is 6.08 Å². The summed E-state index contributed by atoms with van der Waals surface area (Å²) in [5.74, 6) is -0.0834. The molecule has 4 nitrogen and oxygen atoms in total. The largest absolute Gasteiger partial charge is 0.394 e. The highest BCUT2D eigenvalue weighted by Crippen LogP contribution is 2.16. The van der Waals surface area contributed by atoms with E-state index in [9.17, 15) is 15.0 Å². The van der Waals surface area contributed by atoms with Gasteiger partial charge < -0.3 is 15.5 Å². The van der Waals surface area contributed by atoms with Crippen molar-refractivity contribution in [3.63, 3.8) is 0 Å². The predicted octanol–water partition coefficient (Wildman–Crippen LogP) is 21.4. The second-order valence-corrected chi connectivity index (χ2v) is 20.7. The van der Waals surface area contributed by atoms with Crippen molar-refractivity contribution in [1.29, 1.82) is 0 Å². The fraction of sp³-hybridized carbons (Fsp3) is 0.671. The van der Waals surface area contributed by atoms with E-state index in [2.05, 4.69) is 141 Å². The molecular formula is C70H119NO3. The van der Waals surface area contributed by atoms with Crippen LogP contribution in [0.15, 0.2) is 134 Å². The molecule has 0 fully saturated rings. The Morgan fingerprint density at radius 2 is 0.608 bits per heavy atom. The smallest absolute Gasteiger partial charge is 0.220 e. The second-order valence-electron chi connectivity index (χ2n) is 20.7. The van der Waals surface area contributed by atoms with Crippen molar-refractivity contribution in [2.75, 3.05) is 6.61 Å². The monoisotopic (exact) mass is 1020 g/mol. The van der Waals surface area contributed by atoms with Gasteiger partial charge in [0.25, 0.3) is 0 Å². The molecule has 4 heteroatoms. The van der Waals surface area contributed by atoms with Gasteiger partial charge in [0.05, 0.1) is 18.8 Å². The molecule has 0 saturated heterocycles. The van der Waals surface area contributed by atoms with E-state index in [0.717, 1.165) is 89.9 Å². The molecule has 422 valence electrons.